The predicted octanol–water partition coefficient (Wildman–Crippen LogP) is 7.13. The summed E-state index contributed by atoms with van der Waals surface area (Å²) in [5, 5.41) is 4.85. The van der Waals surface area contributed by atoms with Gasteiger partial charge in [-0.3, -0.25) is 14.5 Å². The Bertz CT molecular complexity index is 1640. The lowest BCUT2D eigenvalue weighted by atomic mass is 9.91. The first-order valence-electron chi connectivity index (χ1n) is 15.5. The Morgan fingerprint density at radius 3 is 2.60 bits per heavy atom. The maximum absolute atomic E-state index is 14.6. The van der Waals surface area contributed by atoms with Gasteiger partial charge in [-0.15, -0.1) is 11.8 Å². The van der Waals surface area contributed by atoms with E-state index in [1.165, 1.54) is 11.8 Å². The number of carbonyl (C=O) groups excluding carboxylic acids is 2. The molecule has 0 unspecified atom stereocenters. The van der Waals surface area contributed by atoms with E-state index in [0.717, 1.165) is 82.7 Å². The number of morpholine rings is 1. The van der Waals surface area contributed by atoms with Crippen LogP contribution in [-0.4, -0.2) is 70.7 Å². The highest BCUT2D eigenvalue weighted by atomic mass is 79.9. The number of ether oxygens (including phenoxy) is 1. The molecule has 2 saturated heterocycles. The van der Waals surface area contributed by atoms with Gasteiger partial charge in [0.15, 0.2) is 0 Å². The number of unbranched alkanes of at least 4 members (excludes halogenated alkanes) is 1. The molecule has 6 rings (SSSR count). The molecule has 0 saturated carbocycles. The monoisotopic (exact) mass is 708 g/mol. The van der Waals surface area contributed by atoms with Crippen molar-refractivity contribution in [1.82, 2.24) is 20.1 Å². The first-order valence-corrected chi connectivity index (χ1v) is 17.5. The van der Waals surface area contributed by atoms with Gasteiger partial charge < -0.3 is 19.9 Å². The second-order valence-electron chi connectivity index (χ2n) is 11.9. The van der Waals surface area contributed by atoms with Crippen LogP contribution in [-0.2, 0) is 20.9 Å². The molecule has 1 aromatic heterocycles. The van der Waals surface area contributed by atoms with Crippen molar-refractivity contribution in [2.45, 2.75) is 48.4 Å². The minimum atomic E-state index is -1.10. The predicted molar refractivity (Wildman–Crippen MR) is 185 cm³/mol. The number of aromatic amines is 1. The molecule has 0 radical (unpaired) electrons. The van der Waals surface area contributed by atoms with Crippen LogP contribution in [0.4, 0.5) is 0 Å². The third-order valence-corrected chi connectivity index (χ3v) is 10.9. The average Bonchev–Trinajstić information content (AvgIpc) is 3.57. The summed E-state index contributed by atoms with van der Waals surface area (Å²) in [6.45, 7) is 7.45. The minimum absolute atomic E-state index is 0.0479. The van der Waals surface area contributed by atoms with Crippen LogP contribution < -0.4 is 5.32 Å². The van der Waals surface area contributed by atoms with E-state index >= 15 is 0 Å². The zero-order chi connectivity index (χ0) is 31.4. The van der Waals surface area contributed by atoms with Gasteiger partial charge in [0.25, 0.3) is 0 Å². The highest BCUT2D eigenvalue weighted by molar-refractivity contribution is 9.10. The SMILES string of the molecule is Cc1ccc(S[C@@]2(C(=O)NCCCCN3CCOCC3)CC(=O)N(Cc3ccc(Br)cc3)[C@@H]2c2c[nH]c3cc(Cl)ccc23)cc1. The maximum atomic E-state index is 14.6. The van der Waals surface area contributed by atoms with Crippen LogP contribution in [0.1, 0.15) is 42.0 Å². The lowest BCUT2D eigenvalue weighted by Crippen LogP contribution is -2.48. The summed E-state index contributed by atoms with van der Waals surface area (Å²) in [7, 11) is 0. The Labute approximate surface area is 282 Å². The lowest BCUT2D eigenvalue weighted by molar-refractivity contribution is -0.129. The molecule has 45 heavy (non-hydrogen) atoms. The molecular formula is C35H38BrClN4O3S. The number of nitrogens with one attached hydrogen (secondary N) is 2. The van der Waals surface area contributed by atoms with Gasteiger partial charge in [-0.2, -0.15) is 0 Å². The summed E-state index contributed by atoms with van der Waals surface area (Å²) in [6.07, 6.45) is 3.88. The van der Waals surface area contributed by atoms with Crippen LogP contribution in [0.2, 0.25) is 5.02 Å². The molecule has 10 heteroatoms. The number of fused-ring (bicyclic) bond motifs is 1. The van der Waals surface area contributed by atoms with Crippen molar-refractivity contribution in [2.24, 2.45) is 0 Å². The van der Waals surface area contributed by atoms with Crippen molar-refractivity contribution in [3.05, 3.63) is 99.1 Å². The van der Waals surface area contributed by atoms with Crippen LogP contribution >= 0.6 is 39.3 Å². The standard InChI is InChI=1S/C35H38BrClN4O3S/c1-24-4-11-28(12-5-24)45-35(34(43)38-14-2-3-15-40-16-18-44-19-17-40)21-32(42)41(23-25-6-8-26(36)9-7-25)33(35)30-22-39-31-20-27(37)10-13-29(30)31/h4-13,20,22,33,39H,2-3,14-19,21,23H2,1H3,(H,38,43)/t33-,35+/m1/s1. The van der Waals surface area contributed by atoms with Crippen molar-refractivity contribution < 1.29 is 14.3 Å². The number of aryl methyl sites for hydroxylation is 1. The fourth-order valence-corrected chi connectivity index (χ4v) is 8.20. The van der Waals surface area contributed by atoms with Crippen LogP contribution in [0.5, 0.6) is 0 Å². The van der Waals surface area contributed by atoms with Crippen molar-refractivity contribution in [3.63, 3.8) is 0 Å². The number of nitrogens with zero attached hydrogens (tertiary/aromatic N) is 2. The molecule has 236 valence electrons. The maximum Gasteiger partial charge on any atom is 0.239 e. The molecule has 3 heterocycles. The van der Waals surface area contributed by atoms with Gasteiger partial charge in [0.05, 0.1) is 25.7 Å². The number of carbonyl (C=O) groups is 2. The average molecular weight is 710 g/mol. The summed E-state index contributed by atoms with van der Waals surface area (Å²) >= 11 is 11.4. The first-order chi connectivity index (χ1) is 21.8. The number of amides is 2. The lowest BCUT2D eigenvalue weighted by Gasteiger charge is -2.36. The highest BCUT2D eigenvalue weighted by Crippen LogP contribution is 2.54. The molecule has 2 N–H and O–H groups in total. The van der Waals surface area contributed by atoms with E-state index in [2.05, 4.69) is 43.3 Å². The molecule has 0 aliphatic carbocycles. The number of thioether (sulfide) groups is 1. The number of hydrogen-bond acceptors (Lipinski definition) is 5. The van der Waals surface area contributed by atoms with E-state index in [1.54, 1.807) is 0 Å². The third-order valence-electron chi connectivity index (χ3n) is 8.72. The number of aromatic nitrogens is 1. The van der Waals surface area contributed by atoms with Crippen LogP contribution in [0.3, 0.4) is 0 Å². The molecule has 2 fully saturated rings. The molecule has 0 spiro atoms. The number of hydrogen-bond donors (Lipinski definition) is 2. The zero-order valence-corrected chi connectivity index (χ0v) is 28.5. The summed E-state index contributed by atoms with van der Waals surface area (Å²) in [5.41, 5.74) is 3.92. The van der Waals surface area contributed by atoms with Crippen molar-refractivity contribution in [1.29, 1.82) is 0 Å². The van der Waals surface area contributed by atoms with Gasteiger partial charge in [0.2, 0.25) is 11.8 Å². The summed E-state index contributed by atoms with van der Waals surface area (Å²) in [6, 6.07) is 21.4. The van der Waals surface area contributed by atoms with Gasteiger partial charge in [0.1, 0.15) is 4.75 Å². The van der Waals surface area contributed by atoms with Crippen LogP contribution in [0, 0.1) is 6.92 Å². The molecule has 7 nitrogen and oxygen atoms in total. The Hall–Kier alpha value is -2.82. The van der Waals surface area contributed by atoms with Gasteiger partial charge in [0, 0.05) is 63.2 Å². The molecule has 2 aliphatic heterocycles. The Kier molecular flexibility index (Phi) is 10.2. The fourth-order valence-electron chi connectivity index (χ4n) is 6.35. The fraction of sp³-hybridized carbons (Fsp3) is 0.371. The normalized spacial score (nSPS) is 20.6. The van der Waals surface area contributed by atoms with Gasteiger partial charge in [-0.05, 0) is 68.3 Å². The van der Waals surface area contributed by atoms with E-state index in [-0.39, 0.29) is 18.2 Å². The number of halogens is 2. The van der Waals surface area contributed by atoms with Crippen LogP contribution in [0.25, 0.3) is 10.9 Å². The highest BCUT2D eigenvalue weighted by Gasteiger charge is 2.58. The molecule has 2 atom stereocenters. The largest absolute Gasteiger partial charge is 0.379 e. The van der Waals surface area contributed by atoms with E-state index in [0.29, 0.717) is 18.1 Å². The van der Waals surface area contributed by atoms with Crippen LogP contribution in [0.15, 0.2) is 82.3 Å². The zero-order valence-electron chi connectivity index (χ0n) is 25.4. The topological polar surface area (TPSA) is 77.7 Å². The Morgan fingerprint density at radius 2 is 1.84 bits per heavy atom. The van der Waals surface area contributed by atoms with Gasteiger partial charge >= 0.3 is 0 Å². The minimum Gasteiger partial charge on any atom is -0.379 e. The van der Waals surface area contributed by atoms with Crippen molar-refractivity contribution in [3.8, 4) is 0 Å². The number of likely N-dealkylation sites (tertiary alicyclic amines) is 1. The Morgan fingerprint density at radius 1 is 1.09 bits per heavy atom. The quantitative estimate of drug-likeness (QED) is 0.162. The van der Waals surface area contributed by atoms with E-state index in [9.17, 15) is 9.59 Å². The number of rotatable bonds is 11. The smallest absolute Gasteiger partial charge is 0.239 e. The molecule has 4 aromatic rings. The Balaban J connectivity index is 1.35. The van der Waals surface area contributed by atoms with E-state index in [1.807, 2.05) is 72.6 Å². The summed E-state index contributed by atoms with van der Waals surface area (Å²) in [5.74, 6) is -0.160. The van der Waals surface area contributed by atoms with Gasteiger partial charge in [-0.1, -0.05) is 63.4 Å². The van der Waals surface area contributed by atoms with Crippen molar-refractivity contribution in [2.75, 3.05) is 39.4 Å². The van der Waals surface area contributed by atoms with E-state index < -0.39 is 10.8 Å². The number of benzene rings is 3. The summed E-state index contributed by atoms with van der Waals surface area (Å²) in [4.78, 5) is 37.4. The molecule has 0 bridgehead atoms. The van der Waals surface area contributed by atoms with Crippen molar-refractivity contribution >= 4 is 62.0 Å². The second-order valence-corrected chi connectivity index (χ2v) is 14.6. The van der Waals surface area contributed by atoms with E-state index in [4.69, 9.17) is 16.3 Å². The molecule has 2 amide bonds. The molecule has 3 aromatic carbocycles. The second kappa shape index (κ2) is 14.3. The third kappa shape index (κ3) is 7.28. The molecule has 2 aliphatic rings. The first kappa shape index (κ1) is 32.1. The summed E-state index contributed by atoms with van der Waals surface area (Å²) < 4.78 is 5.35. The number of H-pyrrole nitrogens is 1. The van der Waals surface area contributed by atoms with Gasteiger partial charge in [-0.25, -0.2) is 0 Å². The molecular weight excluding hydrogens is 672 g/mol.